The van der Waals surface area contributed by atoms with Crippen LogP contribution < -0.4 is 5.32 Å². The smallest absolute Gasteiger partial charge is 0.245 e. The Bertz CT molecular complexity index is 777. The van der Waals surface area contributed by atoms with Crippen molar-refractivity contribution in [2.24, 2.45) is 5.41 Å². The van der Waals surface area contributed by atoms with Gasteiger partial charge in [-0.15, -0.1) is 0 Å². The highest BCUT2D eigenvalue weighted by molar-refractivity contribution is 7.89. The lowest BCUT2D eigenvalue weighted by Crippen LogP contribution is -2.33. The summed E-state index contributed by atoms with van der Waals surface area (Å²) in [7, 11) is -3.45. The van der Waals surface area contributed by atoms with E-state index in [2.05, 4.69) is 15.3 Å². The maximum atomic E-state index is 12.9. The van der Waals surface area contributed by atoms with Crippen molar-refractivity contribution in [3.8, 4) is 0 Å². The second-order valence-electron chi connectivity index (χ2n) is 6.07. The molecule has 0 bridgehead atoms. The first-order chi connectivity index (χ1) is 10.1. The molecule has 2 aliphatic rings. The Balaban J connectivity index is 1.71. The first-order valence-corrected chi connectivity index (χ1v) is 8.68. The zero-order valence-corrected chi connectivity index (χ0v) is 12.5. The van der Waals surface area contributed by atoms with Gasteiger partial charge >= 0.3 is 0 Å². The SMILES string of the molecule is O=S(=O)(c1c[nH]c2ncccc12)N1CCC2(CCNC2)C1. The zero-order chi connectivity index (χ0) is 14.5. The Hall–Kier alpha value is -1.44. The number of rotatable bonds is 2. The number of pyridine rings is 1. The molecule has 1 unspecified atom stereocenters. The minimum Gasteiger partial charge on any atom is -0.345 e. The summed E-state index contributed by atoms with van der Waals surface area (Å²) in [5.74, 6) is 0. The largest absolute Gasteiger partial charge is 0.345 e. The standard InChI is InChI=1S/C14H18N4O2S/c19-21(20,12-8-17-13-11(12)2-1-5-16-13)18-7-4-14(10-18)3-6-15-9-14/h1-2,5,8,15H,3-4,6-7,9-10H2,(H,16,17). The third kappa shape index (κ3) is 1.99. The van der Waals surface area contributed by atoms with Gasteiger partial charge in [0.2, 0.25) is 10.0 Å². The lowest BCUT2D eigenvalue weighted by atomic mass is 9.87. The van der Waals surface area contributed by atoms with E-state index in [1.807, 2.05) is 0 Å². The molecule has 4 heterocycles. The van der Waals surface area contributed by atoms with Crippen molar-refractivity contribution in [2.45, 2.75) is 17.7 Å². The van der Waals surface area contributed by atoms with E-state index in [0.717, 1.165) is 25.9 Å². The van der Waals surface area contributed by atoms with E-state index in [9.17, 15) is 8.42 Å². The third-order valence-electron chi connectivity index (χ3n) is 4.77. The number of H-pyrrole nitrogens is 1. The first-order valence-electron chi connectivity index (χ1n) is 7.24. The maximum Gasteiger partial charge on any atom is 0.245 e. The lowest BCUT2D eigenvalue weighted by molar-refractivity contribution is 0.338. The molecule has 6 nitrogen and oxygen atoms in total. The average Bonchev–Trinajstić information content (AvgIpc) is 3.20. The van der Waals surface area contributed by atoms with Gasteiger partial charge in [0.15, 0.2) is 0 Å². The molecule has 2 saturated heterocycles. The number of hydrogen-bond acceptors (Lipinski definition) is 4. The van der Waals surface area contributed by atoms with Gasteiger partial charge in [-0.2, -0.15) is 4.31 Å². The predicted octanol–water partition coefficient (Wildman–Crippen LogP) is 0.937. The normalized spacial score (nSPS) is 27.0. The van der Waals surface area contributed by atoms with E-state index in [1.54, 1.807) is 28.8 Å². The first kappa shape index (κ1) is 13.2. The van der Waals surface area contributed by atoms with Crippen LogP contribution in [0.25, 0.3) is 11.0 Å². The fourth-order valence-electron chi connectivity index (χ4n) is 3.53. The summed E-state index contributed by atoms with van der Waals surface area (Å²) in [6, 6.07) is 3.57. The molecule has 7 heteroatoms. The van der Waals surface area contributed by atoms with Crippen LogP contribution in [-0.2, 0) is 10.0 Å². The van der Waals surface area contributed by atoms with Gasteiger partial charge in [-0.05, 0) is 36.9 Å². The Kier molecular flexibility index (Phi) is 2.85. The van der Waals surface area contributed by atoms with Gasteiger partial charge < -0.3 is 10.3 Å². The molecule has 4 rings (SSSR count). The molecule has 0 aliphatic carbocycles. The van der Waals surface area contributed by atoms with Crippen molar-refractivity contribution in [3.63, 3.8) is 0 Å². The third-order valence-corrected chi connectivity index (χ3v) is 6.65. The van der Waals surface area contributed by atoms with Crippen LogP contribution in [0.15, 0.2) is 29.4 Å². The van der Waals surface area contributed by atoms with Gasteiger partial charge in [0.1, 0.15) is 10.5 Å². The summed E-state index contributed by atoms with van der Waals surface area (Å²) in [4.78, 5) is 7.46. The molecule has 2 fully saturated rings. The van der Waals surface area contributed by atoms with Gasteiger partial charge in [0.05, 0.1) is 0 Å². The van der Waals surface area contributed by atoms with Crippen LogP contribution in [0.4, 0.5) is 0 Å². The molecule has 112 valence electrons. The molecule has 1 spiro atoms. The fourth-order valence-corrected chi connectivity index (χ4v) is 5.23. The highest BCUT2D eigenvalue weighted by Crippen LogP contribution is 2.39. The highest BCUT2D eigenvalue weighted by Gasteiger charge is 2.44. The quantitative estimate of drug-likeness (QED) is 0.865. The van der Waals surface area contributed by atoms with Gasteiger partial charge in [0, 0.05) is 37.4 Å². The number of nitrogens with zero attached hydrogens (tertiary/aromatic N) is 2. The second kappa shape index (κ2) is 4.53. The van der Waals surface area contributed by atoms with Crippen molar-refractivity contribution >= 4 is 21.1 Å². The highest BCUT2D eigenvalue weighted by atomic mass is 32.2. The number of nitrogens with one attached hydrogen (secondary N) is 2. The maximum absolute atomic E-state index is 12.9. The van der Waals surface area contributed by atoms with Crippen LogP contribution in [0, 0.1) is 5.41 Å². The predicted molar refractivity (Wildman–Crippen MR) is 79.4 cm³/mol. The summed E-state index contributed by atoms with van der Waals surface area (Å²) >= 11 is 0. The summed E-state index contributed by atoms with van der Waals surface area (Å²) in [6.45, 7) is 3.14. The number of hydrogen-bond donors (Lipinski definition) is 2. The van der Waals surface area contributed by atoms with Crippen molar-refractivity contribution in [1.29, 1.82) is 0 Å². The van der Waals surface area contributed by atoms with E-state index < -0.39 is 10.0 Å². The fraction of sp³-hybridized carbons (Fsp3) is 0.500. The molecular formula is C14H18N4O2S. The Labute approximate surface area is 123 Å². The molecule has 2 aromatic rings. The monoisotopic (exact) mass is 306 g/mol. The van der Waals surface area contributed by atoms with Crippen LogP contribution in [-0.4, -0.2) is 48.9 Å². The molecule has 0 aromatic carbocycles. The van der Waals surface area contributed by atoms with Crippen molar-refractivity contribution in [3.05, 3.63) is 24.5 Å². The summed E-state index contributed by atoms with van der Waals surface area (Å²) in [5.41, 5.74) is 0.754. The second-order valence-corrected chi connectivity index (χ2v) is 7.97. The molecule has 0 radical (unpaired) electrons. The molecule has 2 aliphatic heterocycles. The Morgan fingerprint density at radius 3 is 3.05 bits per heavy atom. The van der Waals surface area contributed by atoms with E-state index in [0.29, 0.717) is 29.0 Å². The van der Waals surface area contributed by atoms with Gasteiger partial charge in [-0.1, -0.05) is 0 Å². The topological polar surface area (TPSA) is 78.1 Å². The van der Waals surface area contributed by atoms with E-state index in [4.69, 9.17) is 0 Å². The number of aromatic nitrogens is 2. The van der Waals surface area contributed by atoms with Gasteiger partial charge in [-0.3, -0.25) is 0 Å². The lowest BCUT2D eigenvalue weighted by Gasteiger charge is -2.22. The molecule has 1 atom stereocenters. The van der Waals surface area contributed by atoms with Crippen LogP contribution in [0.5, 0.6) is 0 Å². The molecule has 21 heavy (non-hydrogen) atoms. The molecule has 2 aromatic heterocycles. The van der Waals surface area contributed by atoms with Crippen LogP contribution in [0.1, 0.15) is 12.8 Å². The number of fused-ring (bicyclic) bond motifs is 1. The zero-order valence-electron chi connectivity index (χ0n) is 11.7. The summed E-state index contributed by atoms with van der Waals surface area (Å²) in [6.07, 6.45) is 5.23. The minimum absolute atomic E-state index is 0.136. The van der Waals surface area contributed by atoms with E-state index in [-0.39, 0.29) is 5.41 Å². The van der Waals surface area contributed by atoms with Gasteiger partial charge in [-0.25, -0.2) is 13.4 Å². The number of sulfonamides is 1. The van der Waals surface area contributed by atoms with Crippen molar-refractivity contribution in [1.82, 2.24) is 19.6 Å². The molecular weight excluding hydrogens is 288 g/mol. The van der Waals surface area contributed by atoms with Gasteiger partial charge in [0.25, 0.3) is 0 Å². The van der Waals surface area contributed by atoms with Crippen LogP contribution in [0.3, 0.4) is 0 Å². The average molecular weight is 306 g/mol. The summed E-state index contributed by atoms with van der Waals surface area (Å²) < 4.78 is 27.4. The Morgan fingerprint density at radius 1 is 1.33 bits per heavy atom. The molecule has 0 amide bonds. The molecule has 0 saturated carbocycles. The molecule has 2 N–H and O–H groups in total. The Morgan fingerprint density at radius 2 is 2.24 bits per heavy atom. The summed E-state index contributed by atoms with van der Waals surface area (Å²) in [5, 5.41) is 4.02. The van der Waals surface area contributed by atoms with E-state index >= 15 is 0 Å². The van der Waals surface area contributed by atoms with Crippen LogP contribution in [0.2, 0.25) is 0 Å². The van der Waals surface area contributed by atoms with Crippen molar-refractivity contribution in [2.75, 3.05) is 26.2 Å². The minimum atomic E-state index is -3.45. The van der Waals surface area contributed by atoms with Crippen molar-refractivity contribution < 1.29 is 8.42 Å². The van der Waals surface area contributed by atoms with Crippen LogP contribution >= 0.6 is 0 Å². The number of aromatic amines is 1. The van der Waals surface area contributed by atoms with E-state index in [1.165, 1.54) is 0 Å².